The highest BCUT2D eigenvalue weighted by atomic mass is 19.4. The van der Waals surface area contributed by atoms with Gasteiger partial charge in [-0.3, -0.25) is 0 Å². The van der Waals surface area contributed by atoms with Gasteiger partial charge in [0.2, 0.25) is 5.76 Å². The van der Waals surface area contributed by atoms with Gasteiger partial charge in [0.1, 0.15) is 11.5 Å². The summed E-state index contributed by atoms with van der Waals surface area (Å²) >= 11 is 0. The molecule has 0 unspecified atom stereocenters. The third kappa shape index (κ3) is 2.72. The van der Waals surface area contributed by atoms with Gasteiger partial charge >= 0.3 is 12.1 Å². The molecule has 0 radical (unpaired) electrons. The Hall–Kier alpha value is -2.38. The van der Waals surface area contributed by atoms with Gasteiger partial charge in [0.05, 0.1) is 5.56 Å². The molecule has 0 aliphatic carbocycles. The molecule has 1 heterocycles. The summed E-state index contributed by atoms with van der Waals surface area (Å²) in [6.07, 6.45) is -4.71. The largest absolute Gasteiger partial charge is 0.475 e. The summed E-state index contributed by atoms with van der Waals surface area (Å²) in [6, 6.07) is 2.71. The Morgan fingerprint density at radius 3 is 2.42 bits per heavy atom. The lowest BCUT2D eigenvalue weighted by molar-refractivity contribution is -0.137. The number of nitrogens with zero attached hydrogens (tertiary/aromatic N) is 1. The van der Waals surface area contributed by atoms with Crippen molar-refractivity contribution in [3.63, 3.8) is 0 Å². The molecule has 1 aromatic carbocycles. The lowest BCUT2D eigenvalue weighted by Crippen LogP contribution is -2.05. The van der Waals surface area contributed by atoms with Crippen LogP contribution < -0.4 is 0 Å². The van der Waals surface area contributed by atoms with Crippen LogP contribution in [-0.4, -0.2) is 16.2 Å². The zero-order valence-corrected chi connectivity index (χ0v) is 9.03. The maximum atomic E-state index is 13.1. The number of hydrogen-bond donors (Lipinski definition) is 1. The number of benzene rings is 1. The number of halogens is 4. The van der Waals surface area contributed by atoms with Crippen molar-refractivity contribution in [3.8, 4) is 11.3 Å². The SMILES string of the molecule is O=C(O)c1cc(-c2cc(F)cc(C(F)(F)F)c2)no1. The minimum Gasteiger partial charge on any atom is -0.475 e. The van der Waals surface area contributed by atoms with Crippen molar-refractivity contribution in [3.05, 3.63) is 41.4 Å². The molecule has 2 aromatic rings. The van der Waals surface area contributed by atoms with Crippen molar-refractivity contribution in [2.75, 3.05) is 0 Å². The van der Waals surface area contributed by atoms with E-state index in [0.29, 0.717) is 12.1 Å². The van der Waals surface area contributed by atoms with E-state index in [1.165, 1.54) is 0 Å². The summed E-state index contributed by atoms with van der Waals surface area (Å²) in [7, 11) is 0. The Balaban J connectivity index is 2.50. The van der Waals surface area contributed by atoms with Gasteiger partial charge in [-0.25, -0.2) is 9.18 Å². The molecular weight excluding hydrogens is 270 g/mol. The first-order valence-electron chi connectivity index (χ1n) is 4.85. The number of carboxylic acids is 1. The highest BCUT2D eigenvalue weighted by Gasteiger charge is 2.31. The van der Waals surface area contributed by atoms with Gasteiger partial charge in [-0.2, -0.15) is 13.2 Å². The van der Waals surface area contributed by atoms with Gasteiger partial charge in [0.25, 0.3) is 0 Å². The van der Waals surface area contributed by atoms with Gasteiger partial charge in [0, 0.05) is 11.6 Å². The Morgan fingerprint density at radius 2 is 1.89 bits per heavy atom. The molecule has 0 fully saturated rings. The van der Waals surface area contributed by atoms with Crippen LogP contribution in [0.2, 0.25) is 0 Å². The molecule has 0 aliphatic rings. The normalized spacial score (nSPS) is 11.6. The first-order chi connectivity index (χ1) is 8.77. The van der Waals surface area contributed by atoms with Crippen LogP contribution in [0, 0.1) is 5.82 Å². The van der Waals surface area contributed by atoms with E-state index in [-0.39, 0.29) is 11.3 Å². The van der Waals surface area contributed by atoms with E-state index in [9.17, 15) is 22.4 Å². The molecule has 0 bridgehead atoms. The fourth-order valence-electron chi connectivity index (χ4n) is 1.41. The van der Waals surface area contributed by atoms with Gasteiger partial charge < -0.3 is 9.63 Å². The summed E-state index contributed by atoms with van der Waals surface area (Å²) in [5.74, 6) is -3.08. The van der Waals surface area contributed by atoms with Crippen LogP contribution in [0.1, 0.15) is 16.1 Å². The number of carbonyl (C=O) groups is 1. The number of hydrogen-bond acceptors (Lipinski definition) is 3. The molecule has 0 amide bonds. The van der Waals surface area contributed by atoms with Gasteiger partial charge in [-0.05, 0) is 18.2 Å². The molecule has 0 aliphatic heterocycles. The second kappa shape index (κ2) is 4.38. The van der Waals surface area contributed by atoms with Crippen LogP contribution in [0.15, 0.2) is 28.8 Å². The molecule has 2 rings (SSSR count). The second-order valence-electron chi connectivity index (χ2n) is 3.61. The van der Waals surface area contributed by atoms with Crippen molar-refractivity contribution < 1.29 is 32.0 Å². The fourth-order valence-corrected chi connectivity index (χ4v) is 1.41. The van der Waals surface area contributed by atoms with Crippen molar-refractivity contribution in [2.24, 2.45) is 0 Å². The summed E-state index contributed by atoms with van der Waals surface area (Å²) in [5, 5.41) is 11.9. The number of aromatic nitrogens is 1. The average Bonchev–Trinajstić information content (AvgIpc) is 2.76. The lowest BCUT2D eigenvalue weighted by Gasteiger charge is -2.07. The number of rotatable bonds is 2. The first-order valence-corrected chi connectivity index (χ1v) is 4.85. The minimum atomic E-state index is -4.71. The quantitative estimate of drug-likeness (QED) is 0.855. The van der Waals surface area contributed by atoms with Crippen molar-refractivity contribution in [1.29, 1.82) is 0 Å². The smallest absolute Gasteiger partial charge is 0.416 e. The fraction of sp³-hybridized carbons (Fsp3) is 0.0909. The topological polar surface area (TPSA) is 63.3 Å². The minimum absolute atomic E-state index is 0.192. The van der Waals surface area contributed by atoms with E-state index >= 15 is 0 Å². The highest BCUT2D eigenvalue weighted by molar-refractivity contribution is 5.85. The molecule has 100 valence electrons. The zero-order valence-electron chi connectivity index (χ0n) is 9.03. The molecule has 1 N–H and O–H groups in total. The van der Waals surface area contributed by atoms with E-state index in [1.807, 2.05) is 0 Å². The van der Waals surface area contributed by atoms with Crippen LogP contribution in [0.5, 0.6) is 0 Å². The monoisotopic (exact) mass is 275 g/mol. The Bertz CT molecular complexity index is 633. The van der Waals surface area contributed by atoms with Crippen LogP contribution in [0.3, 0.4) is 0 Å². The van der Waals surface area contributed by atoms with Crippen molar-refractivity contribution in [1.82, 2.24) is 5.16 Å². The highest BCUT2D eigenvalue weighted by Crippen LogP contribution is 2.33. The van der Waals surface area contributed by atoms with Crippen molar-refractivity contribution in [2.45, 2.75) is 6.18 Å². The van der Waals surface area contributed by atoms with Crippen LogP contribution in [0.25, 0.3) is 11.3 Å². The maximum Gasteiger partial charge on any atom is 0.416 e. The summed E-state index contributed by atoms with van der Waals surface area (Å²) in [5.41, 5.74) is -1.60. The Labute approximate surface area is 103 Å². The predicted molar refractivity (Wildman–Crippen MR) is 53.9 cm³/mol. The molecule has 0 spiro atoms. The van der Waals surface area contributed by atoms with E-state index < -0.39 is 29.3 Å². The number of carboxylic acid groups (broad SMARTS) is 1. The molecule has 1 aromatic heterocycles. The van der Waals surface area contributed by atoms with Crippen LogP contribution >= 0.6 is 0 Å². The number of alkyl halides is 3. The first kappa shape index (κ1) is 13.1. The third-order valence-corrected chi connectivity index (χ3v) is 2.24. The van der Waals surface area contributed by atoms with E-state index in [2.05, 4.69) is 9.68 Å². The van der Waals surface area contributed by atoms with Gasteiger partial charge in [0.15, 0.2) is 0 Å². The standard InChI is InChI=1S/C11H5F4NO3/c12-7-2-5(1-6(3-7)11(13,14)15)8-4-9(10(17)18)19-16-8/h1-4H,(H,17,18). The number of aromatic carboxylic acids is 1. The Morgan fingerprint density at radius 1 is 1.21 bits per heavy atom. The van der Waals surface area contributed by atoms with Gasteiger partial charge in [-0.1, -0.05) is 5.16 Å². The Kier molecular flexibility index (Phi) is 3.01. The zero-order chi connectivity index (χ0) is 14.2. The molecule has 0 atom stereocenters. The van der Waals surface area contributed by atoms with E-state index in [0.717, 1.165) is 12.1 Å². The molecule has 0 saturated heterocycles. The molecule has 4 nitrogen and oxygen atoms in total. The third-order valence-electron chi connectivity index (χ3n) is 2.24. The molecule has 19 heavy (non-hydrogen) atoms. The average molecular weight is 275 g/mol. The summed E-state index contributed by atoms with van der Waals surface area (Å²) in [4.78, 5) is 10.6. The van der Waals surface area contributed by atoms with Crippen molar-refractivity contribution >= 4 is 5.97 Å². The molecular formula is C11H5F4NO3. The second-order valence-corrected chi connectivity index (χ2v) is 3.61. The van der Waals surface area contributed by atoms with Crippen LogP contribution in [-0.2, 0) is 6.18 Å². The van der Waals surface area contributed by atoms with Crippen LogP contribution in [0.4, 0.5) is 17.6 Å². The maximum absolute atomic E-state index is 13.1. The molecule has 0 saturated carbocycles. The van der Waals surface area contributed by atoms with E-state index in [4.69, 9.17) is 5.11 Å². The van der Waals surface area contributed by atoms with Gasteiger partial charge in [-0.15, -0.1) is 0 Å². The summed E-state index contributed by atoms with van der Waals surface area (Å²) < 4.78 is 55.0. The summed E-state index contributed by atoms with van der Waals surface area (Å²) in [6.45, 7) is 0. The predicted octanol–water partition coefficient (Wildman–Crippen LogP) is 3.20. The lowest BCUT2D eigenvalue weighted by atomic mass is 10.1. The molecule has 8 heteroatoms. The van der Waals surface area contributed by atoms with E-state index in [1.54, 1.807) is 0 Å².